The Bertz CT molecular complexity index is 767. The number of primary sulfonamides is 1. The molecule has 1 aromatic carbocycles. The summed E-state index contributed by atoms with van der Waals surface area (Å²) in [6.45, 7) is 6.08. The molecule has 0 saturated heterocycles. The molecule has 1 heterocycles. The summed E-state index contributed by atoms with van der Waals surface area (Å²) < 4.78 is 23.4. The van der Waals surface area contributed by atoms with E-state index in [9.17, 15) is 8.42 Å². The molecule has 0 fully saturated rings. The molecule has 5 N–H and O–H groups in total. The van der Waals surface area contributed by atoms with Crippen molar-refractivity contribution < 1.29 is 8.42 Å². The van der Waals surface area contributed by atoms with Crippen molar-refractivity contribution >= 4 is 32.7 Å². The Morgan fingerprint density at radius 2 is 1.90 bits per heavy atom. The highest BCUT2D eigenvalue weighted by molar-refractivity contribution is 7.89. The predicted octanol–water partition coefficient (Wildman–Crippen LogP) is 2.77. The molecule has 1 unspecified atom stereocenters. The van der Waals surface area contributed by atoms with Gasteiger partial charge in [-0.2, -0.15) is 0 Å². The van der Waals surface area contributed by atoms with E-state index < -0.39 is 10.0 Å². The van der Waals surface area contributed by atoms with Crippen LogP contribution in [0.2, 0.25) is 0 Å². The minimum absolute atomic E-state index is 0.0129. The summed E-state index contributed by atoms with van der Waals surface area (Å²) in [7, 11) is -3.83. The summed E-state index contributed by atoms with van der Waals surface area (Å²) in [5.74, 6) is 0. The second-order valence-corrected chi connectivity index (χ2v) is 8.03. The molecule has 0 amide bonds. The Balaban J connectivity index is 2.38. The average Bonchev–Trinajstić information content (AvgIpc) is 2.69. The van der Waals surface area contributed by atoms with Gasteiger partial charge >= 0.3 is 0 Å². The topological polar surface area (TPSA) is 98.2 Å². The predicted molar refractivity (Wildman–Crippen MR) is 88.1 cm³/mol. The third kappa shape index (κ3) is 3.55. The van der Waals surface area contributed by atoms with Crippen LogP contribution >= 0.6 is 11.3 Å². The summed E-state index contributed by atoms with van der Waals surface area (Å²) in [4.78, 5) is 2.44. The monoisotopic (exact) mass is 325 g/mol. The Morgan fingerprint density at radius 1 is 1.24 bits per heavy atom. The Morgan fingerprint density at radius 3 is 2.43 bits per heavy atom. The van der Waals surface area contributed by atoms with E-state index in [-0.39, 0.29) is 10.9 Å². The smallest absolute Gasteiger partial charge is 0.240 e. The van der Waals surface area contributed by atoms with Crippen LogP contribution in [0.25, 0.3) is 0 Å². The van der Waals surface area contributed by atoms with Crippen LogP contribution in [0.4, 0.5) is 11.4 Å². The Kier molecular flexibility index (Phi) is 4.27. The summed E-state index contributed by atoms with van der Waals surface area (Å²) in [5.41, 5.74) is 7.62. The highest BCUT2D eigenvalue weighted by atomic mass is 32.2. The number of sulfonamides is 1. The van der Waals surface area contributed by atoms with Gasteiger partial charge in [0.25, 0.3) is 0 Å². The second-order valence-electron chi connectivity index (χ2n) is 5.04. The highest BCUT2D eigenvalue weighted by Gasteiger charge is 2.18. The highest BCUT2D eigenvalue weighted by Crippen LogP contribution is 2.31. The van der Waals surface area contributed by atoms with Crippen LogP contribution in [-0.4, -0.2) is 8.42 Å². The third-order valence-electron chi connectivity index (χ3n) is 3.23. The third-order valence-corrected chi connectivity index (χ3v) is 5.16. The molecule has 0 aliphatic rings. The van der Waals surface area contributed by atoms with Crippen molar-refractivity contribution in [2.24, 2.45) is 5.14 Å². The van der Waals surface area contributed by atoms with Crippen molar-refractivity contribution in [3.8, 4) is 0 Å². The molecule has 0 aliphatic carbocycles. The normalized spacial score (nSPS) is 13.1. The standard InChI is InChI=1S/C14H19N3O2S2/c1-8-6-12(10(3)20-8)9(2)17-13-5-4-11(15)7-14(13)21(16,18)19/h4-7,9,17H,15H2,1-3H3,(H2,16,18,19). The molecular weight excluding hydrogens is 306 g/mol. The van der Waals surface area contributed by atoms with Crippen LogP contribution in [0.3, 0.4) is 0 Å². The van der Waals surface area contributed by atoms with Crippen LogP contribution < -0.4 is 16.2 Å². The quantitative estimate of drug-likeness (QED) is 0.753. The number of nitrogens with one attached hydrogen (secondary N) is 1. The lowest BCUT2D eigenvalue weighted by Crippen LogP contribution is -2.17. The van der Waals surface area contributed by atoms with E-state index in [1.165, 1.54) is 15.8 Å². The van der Waals surface area contributed by atoms with Crippen LogP contribution in [0.5, 0.6) is 0 Å². The van der Waals surface area contributed by atoms with Crippen LogP contribution in [0, 0.1) is 13.8 Å². The first-order chi connectivity index (χ1) is 9.68. The zero-order chi connectivity index (χ0) is 15.8. The molecule has 5 nitrogen and oxygen atoms in total. The maximum Gasteiger partial charge on any atom is 0.240 e. The average molecular weight is 325 g/mol. The molecule has 0 spiro atoms. The zero-order valence-electron chi connectivity index (χ0n) is 12.2. The largest absolute Gasteiger partial charge is 0.399 e. The van der Waals surface area contributed by atoms with Gasteiger partial charge < -0.3 is 11.1 Å². The molecular formula is C14H19N3O2S2. The van der Waals surface area contributed by atoms with Crippen molar-refractivity contribution in [2.45, 2.75) is 31.7 Å². The molecule has 7 heteroatoms. The summed E-state index contributed by atoms with van der Waals surface area (Å²) in [6.07, 6.45) is 0. The molecule has 0 saturated carbocycles. The van der Waals surface area contributed by atoms with E-state index in [0.717, 1.165) is 5.56 Å². The molecule has 1 atom stereocenters. The van der Waals surface area contributed by atoms with E-state index in [2.05, 4.69) is 18.3 Å². The van der Waals surface area contributed by atoms with Gasteiger partial charge in [-0.1, -0.05) is 0 Å². The Hall–Kier alpha value is -1.57. The molecule has 1 aromatic heterocycles. The summed E-state index contributed by atoms with van der Waals surface area (Å²) in [5, 5.41) is 8.46. The van der Waals surface area contributed by atoms with Crippen molar-refractivity contribution in [1.29, 1.82) is 0 Å². The number of hydrogen-bond donors (Lipinski definition) is 3. The number of nitrogens with two attached hydrogens (primary N) is 2. The number of hydrogen-bond acceptors (Lipinski definition) is 5. The molecule has 0 radical (unpaired) electrons. The first-order valence-electron chi connectivity index (χ1n) is 6.44. The van der Waals surface area contributed by atoms with Crippen molar-refractivity contribution in [3.05, 3.63) is 39.6 Å². The number of benzene rings is 1. The number of thiophene rings is 1. The number of rotatable bonds is 4. The second kappa shape index (κ2) is 5.67. The van der Waals surface area contributed by atoms with Crippen molar-refractivity contribution in [2.75, 3.05) is 11.1 Å². The molecule has 2 aromatic rings. The van der Waals surface area contributed by atoms with Gasteiger partial charge in [-0.25, -0.2) is 13.6 Å². The minimum atomic E-state index is -3.83. The van der Waals surface area contributed by atoms with Gasteiger partial charge in [0.2, 0.25) is 10.0 Å². The van der Waals surface area contributed by atoms with Crippen LogP contribution in [0.15, 0.2) is 29.2 Å². The summed E-state index contributed by atoms with van der Waals surface area (Å²) >= 11 is 1.72. The van der Waals surface area contributed by atoms with Gasteiger partial charge in [-0.15, -0.1) is 11.3 Å². The van der Waals surface area contributed by atoms with Gasteiger partial charge in [0.1, 0.15) is 4.90 Å². The SMILES string of the molecule is Cc1cc(C(C)Nc2ccc(N)cc2S(N)(=O)=O)c(C)s1. The van der Waals surface area contributed by atoms with Gasteiger partial charge in [0, 0.05) is 21.5 Å². The zero-order valence-corrected chi connectivity index (χ0v) is 13.8. The van der Waals surface area contributed by atoms with Crippen LogP contribution in [-0.2, 0) is 10.0 Å². The van der Waals surface area contributed by atoms with E-state index in [0.29, 0.717) is 11.4 Å². The number of aryl methyl sites for hydroxylation is 2. The van der Waals surface area contributed by atoms with E-state index in [1.54, 1.807) is 23.5 Å². The van der Waals surface area contributed by atoms with Crippen LogP contribution in [0.1, 0.15) is 28.3 Å². The lowest BCUT2D eigenvalue weighted by molar-refractivity contribution is 0.598. The van der Waals surface area contributed by atoms with Gasteiger partial charge in [-0.3, -0.25) is 0 Å². The molecule has 114 valence electrons. The summed E-state index contributed by atoms with van der Waals surface area (Å²) in [6, 6.07) is 6.73. The Labute approximate surface area is 129 Å². The van der Waals surface area contributed by atoms with E-state index in [4.69, 9.17) is 10.9 Å². The van der Waals surface area contributed by atoms with E-state index in [1.807, 2.05) is 13.8 Å². The molecule has 21 heavy (non-hydrogen) atoms. The molecule has 0 aliphatic heterocycles. The fourth-order valence-corrected chi connectivity index (χ4v) is 4.04. The van der Waals surface area contributed by atoms with Gasteiger partial charge in [-0.05, 0) is 50.6 Å². The first kappa shape index (κ1) is 15.8. The lowest BCUT2D eigenvalue weighted by Gasteiger charge is -2.18. The van der Waals surface area contributed by atoms with Crippen molar-refractivity contribution in [1.82, 2.24) is 0 Å². The van der Waals surface area contributed by atoms with Gasteiger partial charge in [0.15, 0.2) is 0 Å². The minimum Gasteiger partial charge on any atom is -0.399 e. The number of nitrogen functional groups attached to an aromatic ring is 1. The lowest BCUT2D eigenvalue weighted by atomic mass is 10.1. The first-order valence-corrected chi connectivity index (χ1v) is 8.80. The maximum absolute atomic E-state index is 11.7. The molecule has 2 rings (SSSR count). The van der Waals surface area contributed by atoms with E-state index >= 15 is 0 Å². The number of anilines is 2. The van der Waals surface area contributed by atoms with Crippen molar-refractivity contribution in [3.63, 3.8) is 0 Å². The molecule has 0 bridgehead atoms. The fraction of sp³-hybridized carbons (Fsp3) is 0.286. The fourth-order valence-electron chi connectivity index (χ4n) is 2.28. The maximum atomic E-state index is 11.7. The van der Waals surface area contributed by atoms with Gasteiger partial charge in [0.05, 0.1) is 5.69 Å².